The van der Waals surface area contributed by atoms with Crippen molar-refractivity contribution in [2.75, 3.05) is 37.4 Å². The van der Waals surface area contributed by atoms with E-state index < -0.39 is 35.3 Å². The third kappa shape index (κ3) is 6.78. The van der Waals surface area contributed by atoms with E-state index in [9.17, 15) is 9.90 Å². The van der Waals surface area contributed by atoms with Gasteiger partial charge in [0.1, 0.15) is 76.6 Å². The number of aromatic hydroxyl groups is 1. The number of nitrogen functional groups attached to an aromatic ring is 2. The fourth-order valence-electron chi connectivity index (χ4n) is 11.2. The topological polar surface area (TPSA) is 205 Å². The number of aromatic nitrogens is 2. The number of benzene rings is 1. The van der Waals surface area contributed by atoms with Crippen molar-refractivity contribution in [3.05, 3.63) is 104 Å². The lowest BCUT2D eigenvalue weighted by atomic mass is 9.64. The van der Waals surface area contributed by atoms with Gasteiger partial charge in [-0.25, -0.2) is 14.8 Å². The van der Waals surface area contributed by atoms with Crippen LogP contribution in [0.1, 0.15) is 60.2 Å². The van der Waals surface area contributed by atoms with E-state index in [1.807, 2.05) is 26.3 Å². The summed E-state index contributed by atoms with van der Waals surface area (Å²) in [7, 11) is 5.26. The number of fused-ring (bicyclic) bond motifs is 8. The molecule has 63 heavy (non-hydrogen) atoms. The molecule has 7 N–H and O–H groups in total. The van der Waals surface area contributed by atoms with Gasteiger partial charge in [0, 0.05) is 70.4 Å². The smallest absolute Gasteiger partial charge is 0.342 e. The average molecular weight is 889 g/mol. The summed E-state index contributed by atoms with van der Waals surface area (Å²) in [6, 6.07) is 9.17. The molecule has 0 saturated carbocycles. The quantitative estimate of drug-likeness (QED) is 0.0799. The number of anilines is 2. The molecule has 3 aromatic heterocycles. The number of nitrogens with two attached hydrogens (primary N) is 2. The molecule has 14 nitrogen and oxygen atoms in total. The second-order valence-corrected chi connectivity index (χ2v) is 20.8. The molecular formula is C47H50N7O7S2+. The van der Waals surface area contributed by atoms with Crippen molar-refractivity contribution in [3.8, 4) is 22.8 Å². The third-order valence-electron chi connectivity index (χ3n) is 14.2. The van der Waals surface area contributed by atoms with E-state index in [0.717, 1.165) is 40.3 Å². The minimum atomic E-state index is -1.21. The van der Waals surface area contributed by atoms with Gasteiger partial charge in [-0.15, -0.1) is 0 Å². The monoisotopic (exact) mass is 888 g/mol. The summed E-state index contributed by atoms with van der Waals surface area (Å²) in [5.41, 5.74) is 18.1. The van der Waals surface area contributed by atoms with Crippen LogP contribution in [-0.2, 0) is 33.0 Å². The summed E-state index contributed by atoms with van der Waals surface area (Å²) in [5.74, 6) is 1.28. The molecule has 12 rings (SSSR count). The van der Waals surface area contributed by atoms with Crippen molar-refractivity contribution in [1.82, 2.24) is 15.3 Å². The molecule has 1 spiro atoms. The number of nitrogens with zero attached hydrogens (tertiary/aromatic N) is 3. The SMILES string of the molecule is CNC[C@H]1C[C@@H]2C=C[C@@H]1[C@H]1c3c(cc4oc(C)cc(=O)c4c3O)O[C@@]3(C)CCSSCc4c(cc(C[NH+]5C=C6N=CC=C6C5)nc4N)-c4cc(cc(N)n4)CC[C@H]4O[C@]24C(=O)O[C@H]13. The van der Waals surface area contributed by atoms with Crippen molar-refractivity contribution in [1.29, 1.82) is 0 Å². The van der Waals surface area contributed by atoms with Gasteiger partial charge < -0.3 is 40.5 Å². The lowest BCUT2D eigenvalue weighted by molar-refractivity contribution is -0.852. The number of phenolic OH excluding ortho intramolecular Hbond substituents is 1. The number of carbonyl (C=O) groups excluding carboxylic acids is 1. The predicted molar refractivity (Wildman–Crippen MR) is 243 cm³/mol. The molecule has 10 heterocycles. The van der Waals surface area contributed by atoms with Crippen LogP contribution in [0.2, 0.25) is 0 Å². The third-order valence-corrected chi connectivity index (χ3v) is 16.5. The zero-order chi connectivity index (χ0) is 43.4. The molecule has 1 aliphatic carbocycles. The number of ether oxygens (including phenoxy) is 3. The fourth-order valence-corrected chi connectivity index (χ4v) is 13.5. The Hall–Kier alpha value is -5.13. The summed E-state index contributed by atoms with van der Waals surface area (Å²) in [6.45, 7) is 5.82. The van der Waals surface area contributed by atoms with Crippen LogP contribution in [0.3, 0.4) is 0 Å². The number of phenols is 1. The summed E-state index contributed by atoms with van der Waals surface area (Å²) in [4.78, 5) is 44.0. The van der Waals surface area contributed by atoms with Crippen LogP contribution in [0.5, 0.6) is 11.5 Å². The molecule has 7 aliphatic heterocycles. The number of hydrogen-bond acceptors (Lipinski definition) is 15. The van der Waals surface area contributed by atoms with Gasteiger partial charge in [0.05, 0.1) is 17.5 Å². The Bertz CT molecular complexity index is 2790. The number of nitrogens with one attached hydrogen (secondary N) is 2. The Morgan fingerprint density at radius 2 is 1.97 bits per heavy atom. The lowest BCUT2D eigenvalue weighted by Crippen LogP contribution is -3.04. The van der Waals surface area contributed by atoms with Gasteiger partial charge in [0.2, 0.25) is 0 Å². The molecule has 2 fully saturated rings. The second-order valence-electron chi connectivity index (χ2n) is 18.2. The highest BCUT2D eigenvalue weighted by Gasteiger charge is 2.70. The van der Waals surface area contributed by atoms with E-state index in [-0.39, 0.29) is 39.9 Å². The molecule has 16 heteroatoms. The number of aliphatic imine (C=N–C) groups is 1. The Kier molecular flexibility index (Phi) is 9.84. The zero-order valence-corrected chi connectivity index (χ0v) is 36.9. The van der Waals surface area contributed by atoms with E-state index in [4.69, 9.17) is 40.1 Å². The van der Waals surface area contributed by atoms with Crippen LogP contribution >= 0.6 is 21.6 Å². The number of epoxide rings is 1. The molecule has 9 atom stereocenters. The van der Waals surface area contributed by atoms with Crippen LogP contribution in [0.4, 0.5) is 11.6 Å². The average Bonchev–Trinajstić information content (AvgIpc) is 3.58. The minimum Gasteiger partial charge on any atom is -0.507 e. The maximum Gasteiger partial charge on any atom is 0.342 e. The number of pyridine rings is 2. The predicted octanol–water partition coefficient (Wildman–Crippen LogP) is 4.92. The number of hydrogen-bond donors (Lipinski definition) is 5. The zero-order valence-electron chi connectivity index (χ0n) is 35.3. The molecule has 2 saturated heterocycles. The van der Waals surface area contributed by atoms with Crippen LogP contribution in [0.15, 0.2) is 80.2 Å². The van der Waals surface area contributed by atoms with E-state index >= 15 is 4.79 Å². The van der Waals surface area contributed by atoms with Gasteiger partial charge in [-0.2, -0.15) is 0 Å². The molecule has 0 amide bonds. The fraction of sp³-hybridized carbons (Fsp3) is 0.426. The number of aryl methyl sites for hydroxylation is 2. The van der Waals surface area contributed by atoms with Gasteiger partial charge in [-0.1, -0.05) is 33.7 Å². The number of esters is 1. The van der Waals surface area contributed by atoms with Crippen LogP contribution < -0.4 is 31.8 Å². The Morgan fingerprint density at radius 1 is 1.10 bits per heavy atom. The first-order valence-electron chi connectivity index (χ1n) is 21.7. The second kappa shape index (κ2) is 15.3. The Morgan fingerprint density at radius 3 is 2.81 bits per heavy atom. The maximum atomic E-state index is 15.0. The van der Waals surface area contributed by atoms with Crippen molar-refractivity contribution < 1.29 is 33.4 Å². The van der Waals surface area contributed by atoms with E-state index in [1.165, 1.54) is 16.5 Å². The maximum absolute atomic E-state index is 15.0. The van der Waals surface area contributed by atoms with Gasteiger partial charge in [-0.05, 0) is 88.4 Å². The highest BCUT2D eigenvalue weighted by Crippen LogP contribution is 2.60. The summed E-state index contributed by atoms with van der Waals surface area (Å²) < 4.78 is 26.5. The van der Waals surface area contributed by atoms with Crippen molar-refractivity contribution in [2.24, 2.45) is 22.7 Å². The highest BCUT2D eigenvalue weighted by molar-refractivity contribution is 8.76. The van der Waals surface area contributed by atoms with E-state index in [0.29, 0.717) is 79.0 Å². The molecule has 6 bridgehead atoms. The molecule has 8 aliphatic rings. The first kappa shape index (κ1) is 40.6. The normalized spacial score (nSPS) is 31.5. The van der Waals surface area contributed by atoms with Gasteiger partial charge in [0.15, 0.2) is 11.0 Å². The number of quaternary nitrogens is 1. The van der Waals surface area contributed by atoms with Crippen LogP contribution in [0.25, 0.3) is 22.2 Å². The van der Waals surface area contributed by atoms with Crippen molar-refractivity contribution in [3.63, 3.8) is 0 Å². The number of allylic oxidation sites excluding steroid dienone is 2. The van der Waals surface area contributed by atoms with Crippen molar-refractivity contribution in [2.45, 2.75) is 81.2 Å². The number of rotatable bonds is 4. The first-order chi connectivity index (χ1) is 30.4. The standard InChI is InChI=1S/C47H49N7O7S2/c1-23-12-34(55)40-35(58-23)17-36-41(42(40)56)39-29-6-5-27(15-26(29)18-50-3)47-37(61-47)7-4-24-13-32(53-38(48)14-24)30-16-28(20-54-19-25-8-10-51-33(25)21-54)52-44(49)31(30)22-63-62-11-9-46(2,60-36)43(39)59-45(47)57/h5-6,8,10,12-14,16-17,21,26-27,29,37,39,43,50,56H,4,7,9,11,15,18-20,22H2,1-3H3,(H2,48,53)(H2,49,52)/p+1/t26-,27+,29+,37-,39+,43-,46+,47-/m1/s1. The molecule has 0 radical (unpaired) electrons. The molecule has 1 aromatic carbocycles. The first-order valence-corrected chi connectivity index (χ1v) is 24.2. The van der Waals surface area contributed by atoms with E-state index in [1.54, 1.807) is 34.6 Å². The molecule has 326 valence electrons. The summed E-state index contributed by atoms with van der Waals surface area (Å²) in [6.07, 6.45) is 11.4. The Balaban J connectivity index is 1.01. The summed E-state index contributed by atoms with van der Waals surface area (Å²) >= 11 is 0. The molecular weight excluding hydrogens is 839 g/mol. The van der Waals surface area contributed by atoms with Crippen LogP contribution in [0, 0.1) is 24.7 Å². The van der Waals surface area contributed by atoms with E-state index in [2.05, 4.69) is 46.9 Å². The van der Waals surface area contributed by atoms with Crippen LogP contribution in [-0.4, -0.2) is 76.6 Å². The summed E-state index contributed by atoms with van der Waals surface area (Å²) in [5, 5.41) is 15.7. The minimum absolute atomic E-state index is 0.0337. The molecule has 1 unspecified atom stereocenters. The highest BCUT2D eigenvalue weighted by atomic mass is 33.1. The number of carbonyl (C=O) groups is 1. The van der Waals surface area contributed by atoms with Crippen molar-refractivity contribution >= 4 is 56.4 Å². The molecule has 4 aromatic rings. The van der Waals surface area contributed by atoms with Gasteiger partial charge >= 0.3 is 5.97 Å². The largest absolute Gasteiger partial charge is 0.507 e. The van der Waals surface area contributed by atoms with Gasteiger partial charge in [0.25, 0.3) is 0 Å². The van der Waals surface area contributed by atoms with Gasteiger partial charge in [-0.3, -0.25) is 14.7 Å². The lowest BCUT2D eigenvalue weighted by Gasteiger charge is -2.49. The Labute approximate surface area is 372 Å².